The Morgan fingerprint density at radius 3 is 2.06 bits per heavy atom. The smallest absolute Gasteiger partial charge is 0.207 e. The highest BCUT2D eigenvalue weighted by Gasteiger charge is 2.33. The standard InChI is InChI=1S/C11H16O5S/c1-11(2,12)17(13,14)8-5-6-9(15-3)10(7-8)16-4/h5-7,12H,1-4H3. The van der Waals surface area contributed by atoms with E-state index in [2.05, 4.69) is 0 Å². The van der Waals surface area contributed by atoms with Crippen molar-refractivity contribution in [1.29, 1.82) is 0 Å². The van der Waals surface area contributed by atoms with Crippen LogP contribution in [0.2, 0.25) is 0 Å². The van der Waals surface area contributed by atoms with Crippen LogP contribution in [0.25, 0.3) is 0 Å². The van der Waals surface area contributed by atoms with Crippen molar-refractivity contribution in [2.45, 2.75) is 23.7 Å². The van der Waals surface area contributed by atoms with Gasteiger partial charge in [-0.15, -0.1) is 0 Å². The molecule has 1 aromatic carbocycles. The molecule has 1 aromatic rings. The van der Waals surface area contributed by atoms with Gasteiger partial charge in [-0.25, -0.2) is 8.42 Å². The van der Waals surface area contributed by atoms with E-state index in [0.29, 0.717) is 11.5 Å². The first-order valence-electron chi connectivity index (χ1n) is 4.93. The maximum atomic E-state index is 12.0. The Balaban J connectivity index is 3.36. The van der Waals surface area contributed by atoms with Gasteiger partial charge in [0.15, 0.2) is 16.4 Å². The Kier molecular flexibility index (Phi) is 3.68. The number of aliphatic hydroxyl groups is 1. The molecule has 0 aliphatic heterocycles. The maximum absolute atomic E-state index is 12.0. The number of benzene rings is 1. The van der Waals surface area contributed by atoms with Crippen molar-refractivity contribution in [3.63, 3.8) is 0 Å². The summed E-state index contributed by atoms with van der Waals surface area (Å²) < 4.78 is 34.0. The fourth-order valence-corrected chi connectivity index (χ4v) is 2.36. The molecule has 0 spiro atoms. The van der Waals surface area contributed by atoms with E-state index in [0.717, 1.165) is 0 Å². The molecule has 17 heavy (non-hydrogen) atoms. The van der Waals surface area contributed by atoms with Crippen molar-refractivity contribution in [2.24, 2.45) is 0 Å². The molecule has 0 atom stereocenters. The van der Waals surface area contributed by atoms with Gasteiger partial charge < -0.3 is 14.6 Å². The van der Waals surface area contributed by atoms with Crippen LogP contribution in [0, 0.1) is 0 Å². The Morgan fingerprint density at radius 2 is 1.65 bits per heavy atom. The average molecular weight is 260 g/mol. The van der Waals surface area contributed by atoms with Crippen LogP contribution in [0.4, 0.5) is 0 Å². The number of hydrogen-bond donors (Lipinski definition) is 1. The molecule has 1 N–H and O–H groups in total. The topological polar surface area (TPSA) is 72.8 Å². The van der Waals surface area contributed by atoms with Crippen LogP contribution in [-0.4, -0.2) is 32.7 Å². The molecular formula is C11H16O5S. The van der Waals surface area contributed by atoms with Crippen LogP contribution in [-0.2, 0) is 9.84 Å². The third kappa shape index (κ3) is 2.53. The summed E-state index contributed by atoms with van der Waals surface area (Å²) in [5.74, 6) is 0.736. The van der Waals surface area contributed by atoms with E-state index in [-0.39, 0.29) is 4.90 Å². The van der Waals surface area contributed by atoms with Gasteiger partial charge in [-0.1, -0.05) is 0 Å². The lowest BCUT2D eigenvalue weighted by molar-refractivity contribution is 0.165. The van der Waals surface area contributed by atoms with Crippen molar-refractivity contribution >= 4 is 9.84 Å². The summed E-state index contributed by atoms with van der Waals surface area (Å²) in [5.41, 5.74) is 0. The second-order valence-corrected chi connectivity index (χ2v) is 6.44. The van der Waals surface area contributed by atoms with Gasteiger partial charge in [0.05, 0.1) is 19.1 Å². The third-order valence-corrected chi connectivity index (χ3v) is 4.51. The molecule has 0 heterocycles. The molecule has 0 amide bonds. The van der Waals surface area contributed by atoms with Gasteiger partial charge in [0.25, 0.3) is 0 Å². The van der Waals surface area contributed by atoms with Gasteiger partial charge in [-0.2, -0.15) is 0 Å². The van der Waals surface area contributed by atoms with E-state index in [1.807, 2.05) is 0 Å². The average Bonchev–Trinajstić information content (AvgIpc) is 2.26. The summed E-state index contributed by atoms with van der Waals surface area (Å²) in [4.78, 5) is -1.85. The zero-order valence-corrected chi connectivity index (χ0v) is 11.0. The van der Waals surface area contributed by atoms with Gasteiger partial charge >= 0.3 is 0 Å². The first-order chi connectivity index (χ1) is 7.74. The highest BCUT2D eigenvalue weighted by Crippen LogP contribution is 2.32. The zero-order valence-electron chi connectivity index (χ0n) is 10.2. The van der Waals surface area contributed by atoms with E-state index in [1.165, 1.54) is 46.3 Å². The maximum Gasteiger partial charge on any atom is 0.207 e. The predicted molar refractivity (Wildman–Crippen MR) is 63.0 cm³/mol. The summed E-state index contributed by atoms with van der Waals surface area (Å²) in [6, 6.07) is 4.18. The highest BCUT2D eigenvalue weighted by atomic mass is 32.2. The number of methoxy groups -OCH3 is 2. The quantitative estimate of drug-likeness (QED) is 0.880. The van der Waals surface area contributed by atoms with Gasteiger partial charge in [0, 0.05) is 6.07 Å². The minimum Gasteiger partial charge on any atom is -0.493 e. The summed E-state index contributed by atoms with van der Waals surface area (Å²) in [5, 5.41) is 9.63. The molecule has 96 valence electrons. The van der Waals surface area contributed by atoms with Gasteiger partial charge in [-0.3, -0.25) is 0 Å². The van der Waals surface area contributed by atoms with Crippen LogP contribution >= 0.6 is 0 Å². The Labute approximate surface area is 101 Å². The lowest BCUT2D eigenvalue weighted by atomic mass is 10.3. The molecule has 0 bridgehead atoms. The second-order valence-electron chi connectivity index (χ2n) is 3.97. The Hall–Kier alpha value is -1.27. The molecular weight excluding hydrogens is 244 g/mol. The molecule has 0 aliphatic rings. The highest BCUT2D eigenvalue weighted by molar-refractivity contribution is 7.92. The fourth-order valence-electron chi connectivity index (χ4n) is 1.27. The van der Waals surface area contributed by atoms with E-state index in [4.69, 9.17) is 9.47 Å². The van der Waals surface area contributed by atoms with Crippen molar-refractivity contribution in [2.75, 3.05) is 14.2 Å². The van der Waals surface area contributed by atoms with Crippen molar-refractivity contribution < 1.29 is 23.0 Å². The van der Waals surface area contributed by atoms with Crippen molar-refractivity contribution in [3.05, 3.63) is 18.2 Å². The van der Waals surface area contributed by atoms with E-state index in [1.54, 1.807) is 0 Å². The monoisotopic (exact) mass is 260 g/mol. The van der Waals surface area contributed by atoms with E-state index >= 15 is 0 Å². The lowest BCUT2D eigenvalue weighted by Crippen LogP contribution is -2.31. The molecule has 0 aromatic heterocycles. The second kappa shape index (κ2) is 4.54. The number of rotatable bonds is 4. The van der Waals surface area contributed by atoms with Crippen LogP contribution in [0.3, 0.4) is 0 Å². The molecule has 0 radical (unpaired) electrons. The third-order valence-electron chi connectivity index (χ3n) is 2.32. The Bertz CT molecular complexity index is 499. The minimum absolute atomic E-state index is 0.0114. The summed E-state index contributed by atoms with van der Waals surface area (Å²) in [6.45, 7) is 2.44. The molecule has 0 unspecified atom stereocenters. The normalized spacial score (nSPS) is 12.3. The first kappa shape index (κ1) is 13.8. The van der Waals surface area contributed by atoms with E-state index in [9.17, 15) is 13.5 Å². The van der Waals surface area contributed by atoms with Crippen molar-refractivity contribution in [1.82, 2.24) is 0 Å². The largest absolute Gasteiger partial charge is 0.493 e. The lowest BCUT2D eigenvalue weighted by Gasteiger charge is -2.19. The summed E-state index contributed by atoms with van der Waals surface area (Å²) in [7, 11) is -0.939. The fraction of sp³-hybridized carbons (Fsp3) is 0.455. The molecule has 0 fully saturated rings. The molecule has 0 aliphatic carbocycles. The minimum atomic E-state index is -3.81. The van der Waals surface area contributed by atoms with Crippen LogP contribution in [0.5, 0.6) is 11.5 Å². The predicted octanol–water partition coefficient (Wildman–Crippen LogP) is 1.21. The molecule has 1 rings (SSSR count). The van der Waals surface area contributed by atoms with Crippen LogP contribution in [0.15, 0.2) is 23.1 Å². The summed E-state index contributed by atoms with van der Waals surface area (Å²) in [6.07, 6.45) is 0. The van der Waals surface area contributed by atoms with Crippen molar-refractivity contribution in [3.8, 4) is 11.5 Å². The van der Waals surface area contributed by atoms with Gasteiger partial charge in [0.2, 0.25) is 9.84 Å². The van der Waals surface area contributed by atoms with Gasteiger partial charge in [-0.05, 0) is 26.0 Å². The molecule has 6 heteroatoms. The van der Waals surface area contributed by atoms with E-state index < -0.39 is 14.8 Å². The summed E-state index contributed by atoms with van der Waals surface area (Å²) >= 11 is 0. The molecule has 0 saturated heterocycles. The number of hydrogen-bond acceptors (Lipinski definition) is 5. The first-order valence-corrected chi connectivity index (χ1v) is 6.41. The number of ether oxygens (including phenoxy) is 2. The zero-order chi connectivity index (χ0) is 13.3. The Morgan fingerprint density at radius 1 is 1.12 bits per heavy atom. The SMILES string of the molecule is COc1ccc(S(=O)(=O)C(C)(C)O)cc1OC. The molecule has 0 saturated carbocycles. The molecule has 5 nitrogen and oxygen atoms in total. The van der Waals surface area contributed by atoms with Gasteiger partial charge in [0.1, 0.15) is 0 Å². The number of sulfone groups is 1. The van der Waals surface area contributed by atoms with Crippen LogP contribution in [0.1, 0.15) is 13.8 Å². The van der Waals surface area contributed by atoms with Crippen LogP contribution < -0.4 is 9.47 Å².